The van der Waals surface area contributed by atoms with Gasteiger partial charge in [-0.2, -0.15) is 0 Å². The van der Waals surface area contributed by atoms with E-state index in [2.05, 4.69) is 16.5 Å². The fourth-order valence-electron chi connectivity index (χ4n) is 3.64. The fourth-order valence-corrected chi connectivity index (χ4v) is 4.33. The quantitative estimate of drug-likeness (QED) is 0.403. The number of H-pyrrole nitrogens is 1. The molecule has 0 spiro atoms. The van der Waals surface area contributed by atoms with Crippen molar-refractivity contribution in [2.75, 3.05) is 0 Å². The Bertz CT molecular complexity index is 1460. The molecule has 156 valence electrons. The van der Waals surface area contributed by atoms with Crippen LogP contribution in [0.25, 0.3) is 32.2 Å². The third-order valence-electron chi connectivity index (χ3n) is 4.98. The summed E-state index contributed by atoms with van der Waals surface area (Å²) in [5.41, 5.74) is 2.97. The maximum atomic E-state index is 14.2. The molecule has 3 aromatic heterocycles. The molecule has 0 saturated heterocycles. The van der Waals surface area contributed by atoms with Gasteiger partial charge in [-0.3, -0.25) is 4.79 Å². The summed E-state index contributed by atoms with van der Waals surface area (Å²) in [5, 5.41) is 10.7. The molecule has 0 unspecified atom stereocenters. The number of nitrogens with zero attached hydrogens (tertiary/aromatic N) is 2. The number of hydrogen-bond donors (Lipinski definition) is 2. The van der Waals surface area contributed by atoms with Crippen molar-refractivity contribution in [3.63, 3.8) is 0 Å². The van der Waals surface area contributed by atoms with Crippen molar-refractivity contribution >= 4 is 38.4 Å². The minimum absolute atomic E-state index is 0.0712. The van der Waals surface area contributed by atoms with Crippen LogP contribution >= 0.6 is 11.3 Å². The number of carboxylic acids is 1. The molecule has 1 aromatic carbocycles. The molecule has 0 aliphatic heterocycles. The van der Waals surface area contributed by atoms with E-state index in [-0.39, 0.29) is 28.9 Å². The summed E-state index contributed by atoms with van der Waals surface area (Å²) in [6.07, 6.45) is 6.43. The lowest BCUT2D eigenvalue weighted by Gasteiger charge is -2.11. The normalized spacial score (nSPS) is 12.3. The van der Waals surface area contributed by atoms with Crippen molar-refractivity contribution in [1.29, 1.82) is 0 Å². The van der Waals surface area contributed by atoms with E-state index in [1.807, 2.05) is 6.07 Å². The topological polar surface area (TPSA) is 88.0 Å². The molecule has 0 fully saturated rings. The summed E-state index contributed by atoms with van der Waals surface area (Å²) in [7, 11) is 0. The summed E-state index contributed by atoms with van der Waals surface area (Å²) in [5.74, 6) is -1.89. The minimum Gasteiger partial charge on any atom is -0.477 e. The lowest BCUT2D eigenvalue weighted by atomic mass is 10.0. The molecular weight excluding hydrogens is 417 g/mol. The number of halogens is 1. The second kappa shape index (κ2) is 8.16. The Morgan fingerprint density at radius 1 is 1.39 bits per heavy atom. The van der Waals surface area contributed by atoms with Crippen molar-refractivity contribution in [3.05, 3.63) is 88.2 Å². The minimum atomic E-state index is -1.23. The van der Waals surface area contributed by atoms with Crippen LogP contribution in [-0.2, 0) is 6.54 Å². The van der Waals surface area contributed by atoms with Crippen molar-refractivity contribution in [1.82, 2.24) is 14.5 Å². The number of aromatic amines is 1. The number of aromatic nitrogens is 3. The van der Waals surface area contributed by atoms with Gasteiger partial charge < -0.3 is 14.7 Å². The first-order valence-corrected chi connectivity index (χ1v) is 10.3. The Morgan fingerprint density at radius 2 is 2.19 bits per heavy atom. The van der Waals surface area contributed by atoms with Gasteiger partial charge in [0.05, 0.1) is 33.4 Å². The molecule has 0 aliphatic carbocycles. The smallest absolute Gasteiger partial charge is 0.353 e. The zero-order chi connectivity index (χ0) is 22.1. The summed E-state index contributed by atoms with van der Waals surface area (Å²) in [6, 6.07) is 6.82. The van der Waals surface area contributed by atoms with Gasteiger partial charge in [0.1, 0.15) is 11.5 Å². The van der Waals surface area contributed by atoms with Crippen LogP contribution in [0.5, 0.6) is 0 Å². The average molecular weight is 435 g/mol. The van der Waals surface area contributed by atoms with Gasteiger partial charge in [-0.1, -0.05) is 24.8 Å². The molecule has 6 nitrogen and oxygen atoms in total. The first-order valence-electron chi connectivity index (χ1n) is 9.40. The number of hydrogen-bond acceptors (Lipinski definition) is 4. The number of rotatable bonds is 6. The fraction of sp³-hybridized carbons (Fsp3) is 0.0870. The van der Waals surface area contributed by atoms with Crippen molar-refractivity contribution in [2.45, 2.75) is 13.5 Å². The van der Waals surface area contributed by atoms with Gasteiger partial charge in [0.15, 0.2) is 0 Å². The Balaban J connectivity index is 2.16. The highest BCUT2D eigenvalue weighted by atomic mass is 32.1. The summed E-state index contributed by atoms with van der Waals surface area (Å²) in [6.45, 7) is 5.11. The second-order valence-electron chi connectivity index (χ2n) is 6.81. The number of thiazole rings is 1. The maximum Gasteiger partial charge on any atom is 0.353 e. The monoisotopic (exact) mass is 435 g/mol. The van der Waals surface area contributed by atoms with E-state index in [4.69, 9.17) is 0 Å². The van der Waals surface area contributed by atoms with E-state index < -0.39 is 17.4 Å². The Kier molecular flexibility index (Phi) is 5.39. The van der Waals surface area contributed by atoms with E-state index in [9.17, 15) is 19.1 Å². The first kappa shape index (κ1) is 20.5. The number of allylic oxidation sites excluding steroid dienone is 5. The van der Waals surface area contributed by atoms with Gasteiger partial charge in [0.2, 0.25) is 0 Å². The van der Waals surface area contributed by atoms with Gasteiger partial charge in [0, 0.05) is 22.7 Å². The van der Waals surface area contributed by atoms with Gasteiger partial charge in [-0.05, 0) is 31.2 Å². The third-order valence-corrected chi connectivity index (χ3v) is 5.78. The van der Waals surface area contributed by atoms with E-state index >= 15 is 0 Å². The molecule has 4 aromatic rings. The SMILES string of the molecule is C=C(F)/C(=C\C=C/C)Cn1c(C(=O)O)c(-c2ccc[nH]c2=O)c2c3ncsc3ccc21. The highest BCUT2D eigenvalue weighted by Gasteiger charge is 2.27. The lowest BCUT2D eigenvalue weighted by molar-refractivity contribution is 0.0687. The molecule has 0 bridgehead atoms. The van der Waals surface area contributed by atoms with E-state index in [0.29, 0.717) is 16.4 Å². The van der Waals surface area contributed by atoms with Crippen LogP contribution < -0.4 is 5.56 Å². The Labute approximate surface area is 180 Å². The summed E-state index contributed by atoms with van der Waals surface area (Å²) >= 11 is 1.42. The second-order valence-corrected chi connectivity index (χ2v) is 7.70. The van der Waals surface area contributed by atoms with Crippen molar-refractivity contribution in [2.24, 2.45) is 0 Å². The maximum absolute atomic E-state index is 14.2. The molecule has 3 heterocycles. The number of pyridine rings is 1. The molecular formula is C23H18FN3O3S. The number of carboxylic acid groups (broad SMARTS) is 1. The van der Waals surface area contributed by atoms with Gasteiger partial charge in [-0.25, -0.2) is 14.2 Å². The van der Waals surface area contributed by atoms with Crippen LogP contribution in [0.1, 0.15) is 17.4 Å². The molecule has 0 amide bonds. The third kappa shape index (κ3) is 3.51. The number of carbonyl (C=O) groups is 1. The molecule has 4 rings (SSSR count). The molecule has 0 atom stereocenters. The number of fused-ring (bicyclic) bond motifs is 3. The largest absolute Gasteiger partial charge is 0.477 e. The van der Waals surface area contributed by atoms with Gasteiger partial charge in [-0.15, -0.1) is 11.3 Å². The zero-order valence-electron chi connectivity index (χ0n) is 16.6. The standard InChI is InChI=1S/C23H18FN3O3S/c1-3-4-6-14(13(2)24)11-27-16-8-9-17-20(26-12-31-17)19(16)18(21(27)23(29)30)15-7-5-10-25-22(15)28/h3-10,12H,2,11H2,1H3,(H,25,28)(H,29,30)/b4-3-,14-6-. The molecule has 2 N–H and O–H groups in total. The Hall–Kier alpha value is -3.78. The number of aromatic carboxylic acids is 1. The van der Waals surface area contributed by atoms with Gasteiger partial charge in [0.25, 0.3) is 5.56 Å². The molecule has 0 aliphatic rings. The van der Waals surface area contributed by atoms with E-state index in [1.165, 1.54) is 22.1 Å². The number of nitrogens with one attached hydrogen (secondary N) is 1. The predicted molar refractivity (Wildman–Crippen MR) is 121 cm³/mol. The lowest BCUT2D eigenvalue weighted by Crippen LogP contribution is -2.14. The van der Waals surface area contributed by atoms with Crippen LogP contribution in [0.4, 0.5) is 4.39 Å². The van der Waals surface area contributed by atoms with E-state index in [0.717, 1.165) is 4.70 Å². The highest BCUT2D eigenvalue weighted by molar-refractivity contribution is 7.16. The van der Waals surface area contributed by atoms with Crippen LogP contribution in [0.2, 0.25) is 0 Å². The van der Waals surface area contributed by atoms with E-state index in [1.54, 1.807) is 48.9 Å². The van der Waals surface area contributed by atoms with Crippen LogP contribution in [0, 0.1) is 0 Å². The zero-order valence-corrected chi connectivity index (χ0v) is 17.4. The molecule has 0 saturated carbocycles. The Morgan fingerprint density at radius 3 is 2.87 bits per heavy atom. The van der Waals surface area contributed by atoms with Crippen LogP contribution in [0.3, 0.4) is 0 Å². The summed E-state index contributed by atoms with van der Waals surface area (Å²) in [4.78, 5) is 32.1. The summed E-state index contributed by atoms with van der Waals surface area (Å²) < 4.78 is 16.5. The molecule has 0 radical (unpaired) electrons. The molecule has 31 heavy (non-hydrogen) atoms. The van der Waals surface area contributed by atoms with Crippen LogP contribution in [-0.4, -0.2) is 25.6 Å². The number of benzene rings is 1. The predicted octanol–water partition coefficient (Wildman–Crippen LogP) is 5.29. The first-order chi connectivity index (χ1) is 14.9. The highest BCUT2D eigenvalue weighted by Crippen LogP contribution is 2.39. The molecule has 8 heteroatoms. The van der Waals surface area contributed by atoms with Crippen molar-refractivity contribution < 1.29 is 14.3 Å². The van der Waals surface area contributed by atoms with Crippen molar-refractivity contribution in [3.8, 4) is 11.1 Å². The average Bonchev–Trinajstić information content (AvgIpc) is 3.33. The van der Waals surface area contributed by atoms with Gasteiger partial charge >= 0.3 is 5.97 Å². The van der Waals surface area contributed by atoms with Crippen LogP contribution in [0.15, 0.2) is 77.0 Å².